The number of halogens is 3. The molecule has 0 saturated carbocycles. The Labute approximate surface area is 667 Å². The van der Waals surface area contributed by atoms with Crippen LogP contribution in [0, 0.1) is 50.2 Å². The van der Waals surface area contributed by atoms with E-state index in [1.54, 1.807) is 163 Å². The van der Waals surface area contributed by atoms with Crippen LogP contribution in [0.5, 0.6) is 34.5 Å². The van der Waals surface area contributed by atoms with Crippen LogP contribution in [0.4, 0.5) is 15.3 Å². The van der Waals surface area contributed by atoms with E-state index in [0.29, 0.717) is 99.3 Å². The van der Waals surface area contributed by atoms with Crippen LogP contribution in [0.15, 0.2) is 245 Å². The minimum Gasteiger partial charge on any atom is -0.497 e. The van der Waals surface area contributed by atoms with Crippen molar-refractivity contribution < 1.29 is 69.8 Å². The van der Waals surface area contributed by atoms with Crippen LogP contribution in [0.3, 0.4) is 0 Å². The van der Waals surface area contributed by atoms with E-state index in [4.69, 9.17) is 171 Å². The van der Waals surface area contributed by atoms with E-state index < -0.39 is 22.9 Å². The van der Waals surface area contributed by atoms with Crippen molar-refractivity contribution in [1.82, 2.24) is 22.8 Å². The number of Topliss-reactive ketones (excluding diaryl/α,β-unsaturated/α-hetero) is 1. The highest BCUT2D eigenvalue weighted by Crippen LogP contribution is 2.29. The van der Waals surface area contributed by atoms with Crippen molar-refractivity contribution in [2.75, 3.05) is 7.11 Å². The topological polar surface area (TPSA) is 257 Å². The third kappa shape index (κ3) is 19.3. The third-order valence-electron chi connectivity index (χ3n) is 15.2. The Hall–Kier alpha value is -11.4. The first-order chi connectivity index (χ1) is 52.2. The average Bonchev–Trinajstić information content (AvgIpc) is 1.70. The monoisotopic (exact) mass is 1650 g/mol. The molecule has 0 aliphatic carbocycles. The fourth-order valence-electron chi connectivity index (χ4n) is 9.88. The molecule has 15 aromatic rings. The van der Waals surface area contributed by atoms with E-state index in [2.05, 4.69) is 0 Å². The molecule has 15 rings (SSSR count). The summed E-state index contributed by atoms with van der Waals surface area (Å²) < 4.78 is 65.6. The van der Waals surface area contributed by atoms with Crippen molar-refractivity contribution in [3.63, 3.8) is 0 Å². The minimum atomic E-state index is -0.746. The number of nitro benzene ring substituents is 1. The SMILES string of the molecule is COc1ccc(OC(=S)n2c(=S)oc3cc(C(C)=O)ccc32)cc1.Cc1ccc(OC(=O)n2c(=S)oc3ccc(Cl)cc32)cc1.Cc1ccc(OC(=S)n2c(=O)oc3ccc(Cl)cc32)cc1.Cc1ccc(OC(=S)n2c(=S)oc3ccc(Cl)cc32)cc1.O=C(Oc1ccccc1)n1c(=S)oc2cc([N+](=O)[O-])ccc21. The molecule has 0 radical (unpaired) electrons. The summed E-state index contributed by atoms with van der Waals surface area (Å²) in [7, 11) is 1.59. The molecule has 33 heteroatoms. The van der Waals surface area contributed by atoms with Gasteiger partial charge < -0.3 is 50.5 Å². The molecule has 0 amide bonds. The van der Waals surface area contributed by atoms with Gasteiger partial charge in [-0.2, -0.15) is 0 Å². The number of nitrogens with zero attached hydrogens (tertiary/aromatic N) is 6. The number of aryl methyl sites for hydroxylation is 3. The second-order valence-corrected chi connectivity index (χ2v) is 26.5. The summed E-state index contributed by atoms with van der Waals surface area (Å²) in [4.78, 5) is 58.3. The molecule has 5 heterocycles. The molecule has 0 unspecified atom stereocenters. The summed E-state index contributed by atoms with van der Waals surface area (Å²) in [6.45, 7) is 7.42. The number of hydrogen-bond acceptors (Lipinski definition) is 24. The minimum absolute atomic E-state index is 0.00938. The molecule has 0 fully saturated rings. The Balaban J connectivity index is 0.000000135. The van der Waals surface area contributed by atoms with Crippen molar-refractivity contribution in [2.45, 2.75) is 27.7 Å². The molecule has 0 atom stereocenters. The fraction of sp³-hybridized carbons (Fsp3) is 0.0658. The summed E-state index contributed by atoms with van der Waals surface area (Å²) in [6, 6.07) is 61.5. The largest absolute Gasteiger partial charge is 0.497 e. The predicted octanol–water partition coefficient (Wildman–Crippen LogP) is 22.2. The van der Waals surface area contributed by atoms with Gasteiger partial charge in [0.15, 0.2) is 33.7 Å². The van der Waals surface area contributed by atoms with E-state index in [0.717, 1.165) is 27.0 Å². The zero-order chi connectivity index (χ0) is 77.9. The number of non-ortho nitro benzene ring substituents is 1. The van der Waals surface area contributed by atoms with Gasteiger partial charge in [-0.1, -0.05) is 106 Å². The van der Waals surface area contributed by atoms with Crippen LogP contribution >= 0.6 is 120 Å². The van der Waals surface area contributed by atoms with Gasteiger partial charge in [-0.15, -0.1) is 0 Å². The molecule has 550 valence electrons. The number of methoxy groups -OCH3 is 1. The highest BCUT2D eigenvalue weighted by Gasteiger charge is 2.22. The molecule has 5 aromatic heterocycles. The van der Waals surface area contributed by atoms with Gasteiger partial charge in [0.2, 0.25) is 0 Å². The second kappa shape index (κ2) is 35.1. The van der Waals surface area contributed by atoms with Gasteiger partial charge >= 0.3 is 17.9 Å². The normalized spacial score (nSPS) is 10.7. The van der Waals surface area contributed by atoms with E-state index in [1.165, 1.54) is 38.8 Å². The molecule has 10 aromatic carbocycles. The number of rotatable bonds is 8. The Bertz CT molecular complexity index is 5990. The summed E-state index contributed by atoms with van der Waals surface area (Å²) in [5.41, 5.74) is 8.41. The van der Waals surface area contributed by atoms with Crippen LogP contribution in [0.2, 0.25) is 15.1 Å². The number of ketones is 1. The summed E-state index contributed by atoms with van der Waals surface area (Å²) in [6.07, 6.45) is -1.38. The van der Waals surface area contributed by atoms with Gasteiger partial charge in [-0.05, 0) is 265 Å². The quantitative estimate of drug-likeness (QED) is 0.0592. The number of ether oxygens (including phenoxy) is 6. The van der Waals surface area contributed by atoms with E-state index in [9.17, 15) is 29.3 Å². The summed E-state index contributed by atoms with van der Waals surface area (Å²) >= 11 is 54.2. The molecule has 0 N–H and O–H groups in total. The molecular formula is C76H51Cl3N6O17S7. The van der Waals surface area contributed by atoms with Gasteiger partial charge in [0, 0.05) is 26.7 Å². The van der Waals surface area contributed by atoms with Crippen molar-refractivity contribution in [1.29, 1.82) is 0 Å². The number of nitro groups is 1. The Morgan fingerprint density at radius 2 is 0.725 bits per heavy atom. The van der Waals surface area contributed by atoms with Gasteiger partial charge in [0.05, 0.1) is 34.6 Å². The van der Waals surface area contributed by atoms with Crippen molar-refractivity contribution >= 4 is 215 Å². The van der Waals surface area contributed by atoms with E-state index >= 15 is 0 Å². The highest BCUT2D eigenvalue weighted by molar-refractivity contribution is 7.80. The lowest BCUT2D eigenvalue weighted by atomic mass is 10.1. The smallest absolute Gasteiger partial charge is 0.427 e. The van der Waals surface area contributed by atoms with Crippen LogP contribution < -0.4 is 34.2 Å². The maximum absolute atomic E-state index is 12.3. The maximum Gasteiger partial charge on any atom is 0.427 e. The number of aromatic nitrogens is 5. The van der Waals surface area contributed by atoms with Crippen LogP contribution in [0.25, 0.3) is 55.5 Å². The van der Waals surface area contributed by atoms with Gasteiger partial charge in [-0.3, -0.25) is 14.9 Å². The molecule has 0 aliphatic heterocycles. The molecule has 0 aliphatic rings. The van der Waals surface area contributed by atoms with Crippen LogP contribution in [0.1, 0.15) is 34.0 Å². The number of thiocarbonyl (C=S) groups is 3. The van der Waals surface area contributed by atoms with Crippen molar-refractivity contribution in [3.05, 3.63) is 296 Å². The van der Waals surface area contributed by atoms with Crippen LogP contribution in [-0.4, -0.2) is 68.4 Å². The number of benzene rings is 10. The predicted molar refractivity (Wildman–Crippen MR) is 434 cm³/mol. The third-order valence-corrected chi connectivity index (χ3v) is 17.8. The van der Waals surface area contributed by atoms with Gasteiger partial charge in [-0.25, -0.2) is 37.2 Å². The van der Waals surface area contributed by atoms with Crippen molar-refractivity contribution in [2.24, 2.45) is 0 Å². The van der Waals surface area contributed by atoms with E-state index in [1.807, 2.05) is 69.3 Å². The first-order valence-corrected chi connectivity index (χ1v) is 35.6. The van der Waals surface area contributed by atoms with Crippen molar-refractivity contribution in [3.8, 4) is 34.5 Å². The first kappa shape index (κ1) is 78.6. The lowest BCUT2D eigenvalue weighted by Gasteiger charge is -2.08. The zero-order valence-corrected chi connectivity index (χ0v) is 64.9. The first-order valence-electron chi connectivity index (χ1n) is 31.6. The number of carbonyl (C=O) groups is 3. The average molecular weight is 1650 g/mol. The fourth-order valence-corrected chi connectivity index (χ4v) is 12.4. The number of para-hydroxylation sites is 1. The van der Waals surface area contributed by atoms with Gasteiger partial charge in [0.1, 0.15) is 45.5 Å². The molecule has 23 nitrogen and oxygen atoms in total. The lowest BCUT2D eigenvalue weighted by molar-refractivity contribution is -0.384. The summed E-state index contributed by atoms with van der Waals surface area (Å²) in [5.74, 6) is 2.59. The zero-order valence-electron chi connectivity index (χ0n) is 56.9. The Morgan fingerprint density at radius 3 is 1.17 bits per heavy atom. The number of carbonyl (C=O) groups excluding carboxylic acids is 3. The maximum atomic E-state index is 12.3. The van der Waals surface area contributed by atoms with Gasteiger partial charge in [0.25, 0.3) is 40.6 Å². The molecule has 0 bridgehead atoms. The number of fused-ring (bicyclic) bond motifs is 5. The molecule has 0 saturated heterocycles. The van der Waals surface area contributed by atoms with E-state index in [-0.39, 0.29) is 51.9 Å². The van der Waals surface area contributed by atoms with Crippen LogP contribution in [-0.2, 0) is 0 Å². The Morgan fingerprint density at radius 1 is 0.385 bits per heavy atom. The second-order valence-electron chi connectivity index (χ2n) is 22.8. The molecule has 109 heavy (non-hydrogen) atoms. The lowest BCUT2D eigenvalue weighted by Crippen LogP contribution is -2.25. The molecule has 0 spiro atoms. The summed E-state index contributed by atoms with van der Waals surface area (Å²) in [5, 5.41) is 12.6. The number of hydrogen-bond donors (Lipinski definition) is 0. The molecular weight excluding hydrogens is 1600 g/mol. The number of oxazole rings is 5. The Kier molecular flexibility index (Phi) is 25.3. The highest BCUT2D eigenvalue weighted by atomic mass is 35.5. The standard InChI is InChI=1S/C17H13NO4S2.2C15H10ClNO3S.C15H10ClNO2S2.C14H8N2O5S/c1-10(19)11-3-8-14-15(9-11)22-17(24)18(14)16(23)21-13-6-4-12(20-2)5-7-13;1-9-2-5-11(6-3-9)19-15(21)17-12-8-10(16)4-7-13(12)20-14(17)18;1-9-2-5-11(6-3-9)19-14(18)17-12-8-10(16)4-7-13(12)20-15(17)21;1-9-2-5-11(6-3-9)18-14(20)17-12-8-10(16)4-7-13(12)19-15(17)21;17-13(20-10-4-2-1-3-5-10)15-11-7-6-9(16(18)19)8-12(11)21-14(15)22/h3-9H,1-2H3;3*2-8H,1H3;1-8H.